The first-order valence-corrected chi connectivity index (χ1v) is 13.6. The maximum Gasteiger partial charge on any atom is 0.335 e. The van der Waals surface area contributed by atoms with Crippen LogP contribution < -0.4 is 10.8 Å². The molecule has 1 aliphatic rings. The Kier molecular flexibility index (Phi) is 6.60. The number of aromatic carboxylic acids is 1. The van der Waals surface area contributed by atoms with Crippen molar-refractivity contribution in [3.63, 3.8) is 0 Å². The van der Waals surface area contributed by atoms with Gasteiger partial charge in [-0.25, -0.2) is 4.79 Å². The molecule has 0 radical (unpaired) electrons. The van der Waals surface area contributed by atoms with Crippen molar-refractivity contribution in [2.45, 2.75) is 26.0 Å². The lowest BCUT2D eigenvalue weighted by atomic mass is 9.92. The summed E-state index contributed by atoms with van der Waals surface area (Å²) in [6.45, 7) is 2.13. The Morgan fingerprint density at radius 1 is 0.974 bits per heavy atom. The van der Waals surface area contributed by atoms with E-state index in [1.165, 1.54) is 5.39 Å². The molecule has 39 heavy (non-hydrogen) atoms. The van der Waals surface area contributed by atoms with E-state index in [4.69, 9.17) is 4.84 Å². The number of carboxylic acid groups (broad SMARTS) is 1. The summed E-state index contributed by atoms with van der Waals surface area (Å²) in [5.41, 5.74) is 10.2. The molecule has 6 nitrogen and oxygen atoms in total. The van der Waals surface area contributed by atoms with Crippen LogP contribution >= 0.6 is 11.3 Å². The number of nitrogens with one attached hydrogen (secondary N) is 2. The van der Waals surface area contributed by atoms with Crippen molar-refractivity contribution in [2.24, 2.45) is 0 Å². The molecule has 0 saturated carbocycles. The Labute approximate surface area is 229 Å². The smallest absolute Gasteiger partial charge is 0.335 e. The fourth-order valence-corrected chi connectivity index (χ4v) is 5.75. The van der Waals surface area contributed by atoms with Gasteiger partial charge >= 0.3 is 5.97 Å². The van der Waals surface area contributed by atoms with E-state index in [-0.39, 0.29) is 24.1 Å². The first-order chi connectivity index (χ1) is 19.0. The fourth-order valence-electron chi connectivity index (χ4n) is 5.08. The average molecular weight is 535 g/mol. The lowest BCUT2D eigenvalue weighted by molar-refractivity contribution is 0.0696. The van der Waals surface area contributed by atoms with Crippen molar-refractivity contribution >= 4 is 39.7 Å². The van der Waals surface area contributed by atoms with Crippen molar-refractivity contribution in [2.75, 3.05) is 5.48 Å². The molecule has 2 heterocycles. The van der Waals surface area contributed by atoms with Gasteiger partial charge in [-0.1, -0.05) is 48.5 Å². The van der Waals surface area contributed by atoms with Gasteiger partial charge in [-0.05, 0) is 86.6 Å². The number of aryl methyl sites for hydroxylation is 1. The van der Waals surface area contributed by atoms with Crippen LogP contribution in [-0.2, 0) is 17.8 Å². The molecule has 0 fully saturated rings. The number of thiophene rings is 1. The molecule has 1 aromatic heterocycles. The van der Waals surface area contributed by atoms with Gasteiger partial charge < -0.3 is 10.4 Å². The number of benzene rings is 4. The highest BCUT2D eigenvalue weighted by Gasteiger charge is 2.30. The Bertz CT molecular complexity index is 1710. The highest BCUT2D eigenvalue weighted by atomic mass is 32.1. The summed E-state index contributed by atoms with van der Waals surface area (Å²) in [7, 11) is 0. The molecular formula is C32H26N2O4S. The van der Waals surface area contributed by atoms with E-state index >= 15 is 0 Å². The molecule has 3 N–H and O–H groups in total. The SMILES string of the molecule is Cc1cc(C(=O)O)ccc1CNC(=O)c1cc(-c2ccsc2)cc2c1C(Cc1ccc3ccccc3c1)ON2. The third-order valence-electron chi connectivity index (χ3n) is 7.18. The second kappa shape index (κ2) is 10.4. The minimum absolute atomic E-state index is 0.208. The summed E-state index contributed by atoms with van der Waals surface area (Å²) < 4.78 is 0. The monoisotopic (exact) mass is 534 g/mol. The van der Waals surface area contributed by atoms with E-state index in [0.717, 1.165) is 44.5 Å². The summed E-state index contributed by atoms with van der Waals surface area (Å²) in [5, 5.41) is 18.7. The van der Waals surface area contributed by atoms with Gasteiger partial charge in [-0.3, -0.25) is 15.1 Å². The highest BCUT2D eigenvalue weighted by Crippen LogP contribution is 2.41. The van der Waals surface area contributed by atoms with Crippen LogP contribution in [0.1, 0.15) is 49.1 Å². The van der Waals surface area contributed by atoms with Crippen molar-refractivity contribution < 1.29 is 19.5 Å². The summed E-state index contributed by atoms with van der Waals surface area (Å²) in [6.07, 6.45) is 0.272. The van der Waals surface area contributed by atoms with Gasteiger partial charge in [0.05, 0.1) is 11.3 Å². The quantitative estimate of drug-likeness (QED) is 0.206. The molecule has 4 aromatic carbocycles. The molecule has 0 bridgehead atoms. The minimum Gasteiger partial charge on any atom is -0.478 e. The highest BCUT2D eigenvalue weighted by molar-refractivity contribution is 7.08. The van der Waals surface area contributed by atoms with Gasteiger partial charge in [-0.2, -0.15) is 11.3 Å². The molecule has 0 saturated heterocycles. The summed E-state index contributed by atoms with van der Waals surface area (Å²) in [6, 6.07) is 25.5. The van der Waals surface area contributed by atoms with Gasteiger partial charge in [0.1, 0.15) is 6.10 Å². The number of anilines is 1. The molecule has 7 heteroatoms. The van der Waals surface area contributed by atoms with Gasteiger partial charge in [0, 0.05) is 24.1 Å². The molecule has 1 unspecified atom stereocenters. The number of carbonyl (C=O) groups is 2. The second-order valence-electron chi connectivity index (χ2n) is 9.72. The van der Waals surface area contributed by atoms with Crippen LogP contribution in [0.25, 0.3) is 21.9 Å². The van der Waals surface area contributed by atoms with Crippen LogP contribution in [0.5, 0.6) is 0 Å². The topological polar surface area (TPSA) is 87.7 Å². The summed E-state index contributed by atoms with van der Waals surface area (Å²) in [4.78, 5) is 31.0. The molecule has 1 amide bonds. The third-order valence-corrected chi connectivity index (χ3v) is 7.86. The maximum atomic E-state index is 13.7. The Balaban J connectivity index is 1.32. The van der Waals surface area contributed by atoms with Crippen molar-refractivity contribution in [1.82, 2.24) is 5.32 Å². The van der Waals surface area contributed by atoms with E-state index in [1.807, 2.05) is 42.6 Å². The number of hydrogen-bond donors (Lipinski definition) is 3. The molecular weight excluding hydrogens is 508 g/mol. The fraction of sp³-hybridized carbons (Fsp3) is 0.125. The number of hydrogen-bond acceptors (Lipinski definition) is 5. The van der Waals surface area contributed by atoms with Crippen LogP contribution in [0.4, 0.5) is 5.69 Å². The Morgan fingerprint density at radius 3 is 2.59 bits per heavy atom. The number of rotatable bonds is 7. The standard InChI is InChI=1S/C32H26N2O4S/c1-19-12-23(32(36)37)8-9-24(19)17-33-31(35)27-15-26(25-10-11-39-18-25)16-28-30(27)29(38-34-28)14-20-6-7-21-4-2-3-5-22(21)13-20/h2-13,15-16,18,29,34H,14,17H2,1H3,(H,33,35)(H,36,37). The first-order valence-electron chi connectivity index (χ1n) is 12.7. The summed E-state index contributed by atoms with van der Waals surface area (Å²) in [5.74, 6) is -1.18. The molecule has 0 aliphatic carbocycles. The first kappa shape index (κ1) is 24.9. The van der Waals surface area contributed by atoms with E-state index in [1.54, 1.807) is 29.5 Å². The predicted molar refractivity (Wildman–Crippen MR) is 154 cm³/mol. The normalized spacial score (nSPS) is 14.1. The van der Waals surface area contributed by atoms with E-state index in [0.29, 0.717) is 12.0 Å². The zero-order valence-electron chi connectivity index (χ0n) is 21.2. The molecule has 1 atom stereocenters. The molecule has 0 spiro atoms. The maximum absolute atomic E-state index is 13.7. The van der Waals surface area contributed by atoms with E-state index in [2.05, 4.69) is 46.5 Å². The zero-order chi connectivity index (χ0) is 26.9. The summed E-state index contributed by atoms with van der Waals surface area (Å²) >= 11 is 1.60. The van der Waals surface area contributed by atoms with Gasteiger partial charge in [0.25, 0.3) is 5.91 Å². The van der Waals surface area contributed by atoms with Crippen LogP contribution in [-0.4, -0.2) is 17.0 Å². The average Bonchev–Trinajstić information content (AvgIpc) is 3.62. The predicted octanol–water partition coefficient (Wildman–Crippen LogP) is 7.15. The van der Waals surface area contributed by atoms with E-state index in [9.17, 15) is 14.7 Å². The van der Waals surface area contributed by atoms with E-state index < -0.39 is 5.97 Å². The van der Waals surface area contributed by atoms with Gasteiger partial charge in [-0.15, -0.1) is 0 Å². The van der Waals surface area contributed by atoms with Crippen LogP contribution in [0.15, 0.2) is 89.6 Å². The zero-order valence-corrected chi connectivity index (χ0v) is 22.0. The molecule has 194 valence electrons. The largest absolute Gasteiger partial charge is 0.478 e. The number of amides is 1. The van der Waals surface area contributed by atoms with Crippen molar-refractivity contribution in [1.29, 1.82) is 0 Å². The van der Waals surface area contributed by atoms with Crippen molar-refractivity contribution in [3.8, 4) is 11.1 Å². The molecule has 1 aliphatic heterocycles. The Morgan fingerprint density at radius 2 is 1.82 bits per heavy atom. The van der Waals surface area contributed by atoms with Gasteiger partial charge in [0.15, 0.2) is 0 Å². The van der Waals surface area contributed by atoms with Crippen molar-refractivity contribution in [3.05, 3.63) is 123 Å². The number of carbonyl (C=O) groups excluding carboxylic acids is 1. The molecule has 6 rings (SSSR count). The molecule has 5 aromatic rings. The van der Waals surface area contributed by atoms with Crippen LogP contribution in [0.3, 0.4) is 0 Å². The minimum atomic E-state index is -0.973. The lowest BCUT2D eigenvalue weighted by Gasteiger charge is -2.16. The van der Waals surface area contributed by atoms with Gasteiger partial charge in [0.2, 0.25) is 0 Å². The number of carboxylic acids is 1. The van der Waals surface area contributed by atoms with Crippen LogP contribution in [0, 0.1) is 6.92 Å². The Hall–Kier alpha value is -4.46. The third kappa shape index (κ3) is 5.02. The number of fused-ring (bicyclic) bond motifs is 2. The van der Waals surface area contributed by atoms with Crippen LogP contribution in [0.2, 0.25) is 0 Å². The lowest BCUT2D eigenvalue weighted by Crippen LogP contribution is -2.25. The second-order valence-corrected chi connectivity index (χ2v) is 10.5.